The SMILES string of the molecule is CN(CC(=O)NC1CC1)C(=O)C1=Cc2cc(Cl)ccc2OC1. The fraction of sp³-hybridized carbons (Fsp3) is 0.375. The highest BCUT2D eigenvalue weighted by molar-refractivity contribution is 6.30. The Morgan fingerprint density at radius 1 is 1.41 bits per heavy atom. The number of amides is 2. The van der Waals surface area contributed by atoms with Crippen LogP contribution in [0.1, 0.15) is 18.4 Å². The lowest BCUT2D eigenvalue weighted by Crippen LogP contribution is -2.40. The molecule has 22 heavy (non-hydrogen) atoms. The van der Waals surface area contributed by atoms with Crippen molar-refractivity contribution in [3.8, 4) is 5.75 Å². The van der Waals surface area contributed by atoms with Crippen LogP contribution in [0, 0.1) is 0 Å². The average molecular weight is 321 g/mol. The second kappa shape index (κ2) is 6.01. The molecular formula is C16H17ClN2O3. The van der Waals surface area contributed by atoms with Gasteiger partial charge in [0.1, 0.15) is 12.4 Å². The van der Waals surface area contributed by atoms with Gasteiger partial charge in [-0.1, -0.05) is 11.6 Å². The molecule has 1 aliphatic carbocycles. The lowest BCUT2D eigenvalue weighted by atomic mass is 10.1. The van der Waals surface area contributed by atoms with E-state index in [9.17, 15) is 9.59 Å². The first-order valence-corrected chi connectivity index (χ1v) is 7.58. The maximum atomic E-state index is 12.4. The normalized spacial score (nSPS) is 16.2. The molecule has 0 spiro atoms. The Bertz CT molecular complexity index is 653. The molecule has 0 saturated heterocycles. The maximum absolute atomic E-state index is 12.4. The van der Waals surface area contributed by atoms with E-state index in [-0.39, 0.29) is 25.0 Å². The molecule has 6 heteroatoms. The van der Waals surface area contributed by atoms with Crippen LogP contribution >= 0.6 is 11.6 Å². The molecule has 1 aromatic carbocycles. The summed E-state index contributed by atoms with van der Waals surface area (Å²) in [5.41, 5.74) is 1.29. The molecule has 3 rings (SSSR count). The second-order valence-corrected chi connectivity index (χ2v) is 6.08. The van der Waals surface area contributed by atoms with E-state index in [4.69, 9.17) is 16.3 Å². The topological polar surface area (TPSA) is 58.6 Å². The highest BCUT2D eigenvalue weighted by Crippen LogP contribution is 2.29. The fourth-order valence-corrected chi connectivity index (χ4v) is 2.49. The number of nitrogens with one attached hydrogen (secondary N) is 1. The summed E-state index contributed by atoms with van der Waals surface area (Å²) in [5.74, 6) is 0.366. The van der Waals surface area contributed by atoms with Crippen LogP contribution in [0.4, 0.5) is 0 Å². The van der Waals surface area contributed by atoms with Crippen molar-refractivity contribution >= 4 is 29.5 Å². The van der Waals surface area contributed by atoms with Gasteiger partial charge in [-0.05, 0) is 37.1 Å². The van der Waals surface area contributed by atoms with Gasteiger partial charge in [0.15, 0.2) is 0 Å². The maximum Gasteiger partial charge on any atom is 0.253 e. The zero-order valence-corrected chi connectivity index (χ0v) is 13.0. The molecule has 1 aliphatic heterocycles. The van der Waals surface area contributed by atoms with Crippen LogP contribution in [0.3, 0.4) is 0 Å². The first-order chi connectivity index (χ1) is 10.5. The lowest BCUT2D eigenvalue weighted by Gasteiger charge is -2.22. The van der Waals surface area contributed by atoms with Gasteiger partial charge in [0.05, 0.1) is 12.1 Å². The Hall–Kier alpha value is -2.01. The Labute approximate surface area is 133 Å². The predicted octanol–water partition coefficient (Wildman–Crippen LogP) is 1.85. The minimum atomic E-state index is -0.212. The molecule has 116 valence electrons. The highest BCUT2D eigenvalue weighted by Gasteiger charge is 2.26. The van der Waals surface area contributed by atoms with Gasteiger partial charge in [0.2, 0.25) is 5.91 Å². The molecule has 1 heterocycles. The molecule has 2 amide bonds. The number of fused-ring (bicyclic) bond motifs is 1. The van der Waals surface area contributed by atoms with E-state index >= 15 is 0 Å². The van der Waals surface area contributed by atoms with Gasteiger partial charge >= 0.3 is 0 Å². The molecular weight excluding hydrogens is 304 g/mol. The van der Waals surface area contributed by atoms with Crippen LogP contribution in [0.2, 0.25) is 5.02 Å². The average Bonchev–Trinajstić information content (AvgIpc) is 3.29. The number of ether oxygens (including phenoxy) is 1. The van der Waals surface area contributed by atoms with Crippen LogP contribution in [-0.4, -0.2) is 43.0 Å². The smallest absolute Gasteiger partial charge is 0.253 e. The van der Waals surface area contributed by atoms with E-state index < -0.39 is 0 Å². The number of rotatable bonds is 4. The molecule has 1 saturated carbocycles. The quantitative estimate of drug-likeness (QED) is 0.921. The fourth-order valence-electron chi connectivity index (χ4n) is 2.31. The van der Waals surface area contributed by atoms with Crippen LogP contribution in [-0.2, 0) is 9.59 Å². The van der Waals surface area contributed by atoms with Crippen LogP contribution in [0.5, 0.6) is 5.75 Å². The minimum absolute atomic E-state index is 0.0507. The highest BCUT2D eigenvalue weighted by atomic mass is 35.5. The van der Waals surface area contributed by atoms with Crippen molar-refractivity contribution in [2.75, 3.05) is 20.2 Å². The predicted molar refractivity (Wildman–Crippen MR) is 83.7 cm³/mol. The van der Waals surface area contributed by atoms with Gasteiger partial charge in [-0.3, -0.25) is 9.59 Å². The Morgan fingerprint density at radius 3 is 2.91 bits per heavy atom. The first kappa shape index (κ1) is 14.9. The summed E-state index contributed by atoms with van der Waals surface area (Å²) in [6.07, 6.45) is 3.82. The Morgan fingerprint density at radius 2 is 2.18 bits per heavy atom. The molecule has 0 radical (unpaired) electrons. The van der Waals surface area contributed by atoms with E-state index in [0.717, 1.165) is 18.4 Å². The van der Waals surface area contributed by atoms with E-state index in [0.29, 0.717) is 22.4 Å². The number of carbonyl (C=O) groups is 2. The number of benzene rings is 1. The Balaban J connectivity index is 1.67. The standard InChI is InChI=1S/C16H17ClN2O3/c1-19(8-15(20)18-13-3-4-13)16(21)11-6-10-7-12(17)2-5-14(10)22-9-11/h2,5-7,13H,3-4,8-9H2,1H3,(H,18,20). The number of hydrogen-bond acceptors (Lipinski definition) is 3. The monoisotopic (exact) mass is 320 g/mol. The third kappa shape index (κ3) is 3.42. The van der Waals surface area contributed by atoms with Crippen molar-refractivity contribution in [2.45, 2.75) is 18.9 Å². The summed E-state index contributed by atoms with van der Waals surface area (Å²) in [7, 11) is 1.61. The van der Waals surface area contributed by atoms with Crippen LogP contribution < -0.4 is 10.1 Å². The third-order valence-corrected chi connectivity index (χ3v) is 3.86. The molecule has 1 N–H and O–H groups in total. The van der Waals surface area contributed by atoms with Crippen molar-refractivity contribution in [3.63, 3.8) is 0 Å². The van der Waals surface area contributed by atoms with Gasteiger partial charge in [-0.25, -0.2) is 0 Å². The number of carbonyl (C=O) groups excluding carboxylic acids is 2. The number of nitrogens with zero attached hydrogens (tertiary/aromatic N) is 1. The Kier molecular flexibility index (Phi) is 4.07. The zero-order valence-electron chi connectivity index (χ0n) is 12.3. The van der Waals surface area contributed by atoms with E-state index in [1.807, 2.05) is 0 Å². The van der Waals surface area contributed by atoms with Gasteiger partial charge in [-0.15, -0.1) is 0 Å². The summed E-state index contributed by atoms with van der Waals surface area (Å²) >= 11 is 5.96. The zero-order chi connectivity index (χ0) is 15.7. The molecule has 5 nitrogen and oxygen atoms in total. The third-order valence-electron chi connectivity index (χ3n) is 3.63. The first-order valence-electron chi connectivity index (χ1n) is 7.20. The van der Waals surface area contributed by atoms with Crippen molar-refractivity contribution < 1.29 is 14.3 Å². The van der Waals surface area contributed by atoms with Crippen LogP contribution in [0.25, 0.3) is 6.08 Å². The molecule has 0 unspecified atom stereocenters. The van der Waals surface area contributed by atoms with Crippen molar-refractivity contribution in [2.24, 2.45) is 0 Å². The van der Waals surface area contributed by atoms with Crippen molar-refractivity contribution in [3.05, 3.63) is 34.4 Å². The van der Waals surface area contributed by atoms with Crippen molar-refractivity contribution in [1.82, 2.24) is 10.2 Å². The molecule has 1 aromatic rings. The number of hydrogen-bond donors (Lipinski definition) is 1. The lowest BCUT2D eigenvalue weighted by molar-refractivity contribution is -0.132. The van der Waals surface area contributed by atoms with Crippen molar-refractivity contribution in [1.29, 1.82) is 0 Å². The molecule has 0 atom stereocenters. The van der Waals surface area contributed by atoms with Gasteiger partial charge in [0, 0.05) is 23.7 Å². The number of likely N-dealkylation sites (N-methyl/N-ethyl adjacent to an activating group) is 1. The summed E-state index contributed by atoms with van der Waals surface area (Å²) in [6.45, 7) is 0.247. The van der Waals surface area contributed by atoms with Gasteiger partial charge < -0.3 is 15.0 Å². The number of halogens is 1. The van der Waals surface area contributed by atoms with Gasteiger partial charge in [0.25, 0.3) is 5.91 Å². The summed E-state index contributed by atoms with van der Waals surface area (Å²) in [5, 5.41) is 3.45. The molecule has 1 fully saturated rings. The van der Waals surface area contributed by atoms with E-state index in [1.165, 1.54) is 4.90 Å². The summed E-state index contributed by atoms with van der Waals surface area (Å²) in [6, 6.07) is 5.57. The summed E-state index contributed by atoms with van der Waals surface area (Å²) < 4.78 is 5.57. The molecule has 0 bridgehead atoms. The van der Waals surface area contributed by atoms with Gasteiger partial charge in [-0.2, -0.15) is 0 Å². The minimum Gasteiger partial charge on any atom is -0.488 e. The molecule has 0 aromatic heterocycles. The largest absolute Gasteiger partial charge is 0.488 e. The summed E-state index contributed by atoms with van der Waals surface area (Å²) in [4.78, 5) is 25.6. The van der Waals surface area contributed by atoms with E-state index in [1.54, 1.807) is 31.3 Å². The second-order valence-electron chi connectivity index (χ2n) is 5.64. The molecule has 2 aliphatic rings. The van der Waals surface area contributed by atoms with E-state index in [2.05, 4.69) is 5.32 Å². The van der Waals surface area contributed by atoms with Crippen LogP contribution in [0.15, 0.2) is 23.8 Å².